The molecule has 1 heterocycles. The third kappa shape index (κ3) is 2.00. The van der Waals surface area contributed by atoms with Crippen LogP contribution in [0.3, 0.4) is 0 Å². The first kappa shape index (κ1) is 10.5. The lowest BCUT2D eigenvalue weighted by Crippen LogP contribution is -2.07. The molecule has 0 fully saturated rings. The van der Waals surface area contributed by atoms with Gasteiger partial charge in [-0.25, -0.2) is 9.98 Å². The topological polar surface area (TPSA) is 58.1 Å². The van der Waals surface area contributed by atoms with Crippen LogP contribution in [0.4, 0.5) is 5.95 Å². The lowest BCUT2D eigenvalue weighted by Gasteiger charge is -1.99. The van der Waals surface area contributed by atoms with Gasteiger partial charge in [0.2, 0.25) is 5.95 Å². The maximum absolute atomic E-state index is 11.7. The Bertz CT molecular complexity index is 598. The maximum Gasteiger partial charge on any atom is 0.260 e. The zero-order valence-electron chi connectivity index (χ0n) is 9.32. The standard InChI is InChI=1S/C12H13N3O/c1-3-8(2)13-12-14-10-7-5-4-6-9(10)11(16)15-12/h4-7H,3H2,1-2H3,(H,14,15,16)/b13-8+. The lowest BCUT2D eigenvalue weighted by atomic mass is 10.2. The molecule has 0 saturated heterocycles. The van der Waals surface area contributed by atoms with Crippen molar-refractivity contribution in [3.8, 4) is 0 Å². The van der Waals surface area contributed by atoms with Crippen LogP contribution in [-0.2, 0) is 0 Å². The number of benzene rings is 1. The normalized spacial score (nSPS) is 12.0. The van der Waals surface area contributed by atoms with Crippen LogP contribution >= 0.6 is 0 Å². The van der Waals surface area contributed by atoms with E-state index in [0.29, 0.717) is 16.9 Å². The van der Waals surface area contributed by atoms with Gasteiger partial charge in [0.25, 0.3) is 5.56 Å². The summed E-state index contributed by atoms with van der Waals surface area (Å²) >= 11 is 0. The molecular formula is C12H13N3O. The molecule has 4 nitrogen and oxygen atoms in total. The summed E-state index contributed by atoms with van der Waals surface area (Å²) in [5.74, 6) is 0.378. The monoisotopic (exact) mass is 215 g/mol. The minimum Gasteiger partial charge on any atom is -0.290 e. The molecule has 16 heavy (non-hydrogen) atoms. The van der Waals surface area contributed by atoms with Crippen LogP contribution in [0.2, 0.25) is 0 Å². The van der Waals surface area contributed by atoms with Crippen molar-refractivity contribution < 1.29 is 0 Å². The van der Waals surface area contributed by atoms with Crippen molar-refractivity contribution in [3.63, 3.8) is 0 Å². The number of H-pyrrole nitrogens is 1. The van der Waals surface area contributed by atoms with Gasteiger partial charge in [-0.05, 0) is 25.5 Å². The zero-order valence-corrected chi connectivity index (χ0v) is 9.32. The van der Waals surface area contributed by atoms with Crippen LogP contribution < -0.4 is 5.56 Å². The molecule has 0 radical (unpaired) electrons. The fourth-order valence-electron chi connectivity index (χ4n) is 1.39. The Balaban J connectivity index is 2.63. The molecule has 0 aliphatic rings. The molecule has 2 rings (SSSR count). The second-order valence-corrected chi connectivity index (χ2v) is 3.61. The smallest absolute Gasteiger partial charge is 0.260 e. The van der Waals surface area contributed by atoms with Gasteiger partial charge in [0, 0.05) is 5.71 Å². The number of nitrogens with one attached hydrogen (secondary N) is 1. The summed E-state index contributed by atoms with van der Waals surface area (Å²) < 4.78 is 0. The van der Waals surface area contributed by atoms with Crippen molar-refractivity contribution in [2.24, 2.45) is 4.99 Å². The minimum atomic E-state index is -0.145. The number of fused-ring (bicyclic) bond motifs is 1. The molecule has 4 heteroatoms. The van der Waals surface area contributed by atoms with Crippen LogP contribution in [0.25, 0.3) is 10.9 Å². The fourth-order valence-corrected chi connectivity index (χ4v) is 1.39. The summed E-state index contributed by atoms with van der Waals surface area (Å²) in [6.45, 7) is 3.92. The first-order chi connectivity index (χ1) is 7.70. The van der Waals surface area contributed by atoms with Crippen LogP contribution in [0.1, 0.15) is 20.3 Å². The molecule has 0 amide bonds. The van der Waals surface area contributed by atoms with Crippen LogP contribution in [0.5, 0.6) is 0 Å². The van der Waals surface area contributed by atoms with Gasteiger partial charge in [0.1, 0.15) is 0 Å². The Morgan fingerprint density at radius 2 is 2.19 bits per heavy atom. The highest BCUT2D eigenvalue weighted by atomic mass is 16.1. The highest BCUT2D eigenvalue weighted by Gasteiger charge is 2.01. The van der Waals surface area contributed by atoms with E-state index in [9.17, 15) is 4.79 Å². The Morgan fingerprint density at radius 1 is 1.44 bits per heavy atom. The Labute approximate surface area is 93.1 Å². The molecule has 1 N–H and O–H groups in total. The van der Waals surface area contributed by atoms with E-state index in [0.717, 1.165) is 12.1 Å². The SMILES string of the molecule is CC/C(C)=N/c1nc2ccccc2c(=O)[nH]1. The second-order valence-electron chi connectivity index (χ2n) is 3.61. The molecule has 82 valence electrons. The predicted molar refractivity (Wildman–Crippen MR) is 65.4 cm³/mol. The van der Waals surface area contributed by atoms with Crippen molar-refractivity contribution >= 4 is 22.6 Å². The largest absolute Gasteiger partial charge is 0.290 e. The number of nitrogens with zero attached hydrogens (tertiary/aromatic N) is 2. The molecule has 0 saturated carbocycles. The van der Waals surface area contributed by atoms with Gasteiger partial charge >= 0.3 is 0 Å². The van der Waals surface area contributed by atoms with E-state index in [4.69, 9.17) is 0 Å². The molecular weight excluding hydrogens is 202 g/mol. The van der Waals surface area contributed by atoms with Gasteiger partial charge in [0.05, 0.1) is 10.9 Å². The molecule has 0 bridgehead atoms. The number of rotatable bonds is 2. The maximum atomic E-state index is 11.7. The van der Waals surface area contributed by atoms with Crippen molar-refractivity contribution in [1.29, 1.82) is 0 Å². The van der Waals surface area contributed by atoms with Gasteiger partial charge in [-0.2, -0.15) is 0 Å². The summed E-state index contributed by atoms with van der Waals surface area (Å²) in [6, 6.07) is 7.24. The van der Waals surface area contributed by atoms with Gasteiger partial charge in [-0.3, -0.25) is 9.78 Å². The van der Waals surface area contributed by atoms with Crippen LogP contribution in [-0.4, -0.2) is 15.7 Å². The number of hydrogen-bond acceptors (Lipinski definition) is 3. The molecule has 0 aliphatic carbocycles. The van der Waals surface area contributed by atoms with Crippen molar-refractivity contribution in [1.82, 2.24) is 9.97 Å². The summed E-state index contributed by atoms with van der Waals surface area (Å²) in [5, 5.41) is 0.593. The summed E-state index contributed by atoms with van der Waals surface area (Å²) in [7, 11) is 0. The van der Waals surface area contributed by atoms with Gasteiger partial charge in [-0.1, -0.05) is 19.1 Å². The van der Waals surface area contributed by atoms with E-state index in [1.165, 1.54) is 0 Å². The van der Waals surface area contributed by atoms with Crippen LogP contribution in [0, 0.1) is 0 Å². The van der Waals surface area contributed by atoms with Gasteiger partial charge < -0.3 is 0 Å². The van der Waals surface area contributed by atoms with E-state index >= 15 is 0 Å². The predicted octanol–water partition coefficient (Wildman–Crippen LogP) is 2.43. The highest BCUT2D eigenvalue weighted by molar-refractivity contribution is 5.84. The van der Waals surface area contributed by atoms with Gasteiger partial charge in [0.15, 0.2) is 0 Å². The molecule has 0 spiro atoms. The fraction of sp³-hybridized carbons (Fsp3) is 0.250. The molecule has 0 unspecified atom stereocenters. The van der Waals surface area contributed by atoms with Crippen molar-refractivity contribution in [2.75, 3.05) is 0 Å². The highest BCUT2D eigenvalue weighted by Crippen LogP contribution is 2.10. The lowest BCUT2D eigenvalue weighted by molar-refractivity contribution is 1.12. The van der Waals surface area contributed by atoms with E-state index in [1.54, 1.807) is 6.07 Å². The molecule has 0 aliphatic heterocycles. The third-order valence-electron chi connectivity index (χ3n) is 2.41. The molecule has 1 aromatic carbocycles. The average molecular weight is 215 g/mol. The number of aliphatic imine (C=N–C) groups is 1. The number of aromatic amines is 1. The van der Waals surface area contributed by atoms with E-state index in [-0.39, 0.29) is 5.56 Å². The van der Waals surface area contributed by atoms with Crippen LogP contribution in [0.15, 0.2) is 34.1 Å². The van der Waals surface area contributed by atoms with Gasteiger partial charge in [-0.15, -0.1) is 0 Å². The average Bonchev–Trinajstić information content (AvgIpc) is 2.29. The summed E-state index contributed by atoms with van der Waals surface area (Å²) in [4.78, 5) is 22.9. The first-order valence-electron chi connectivity index (χ1n) is 5.24. The molecule has 2 aromatic rings. The van der Waals surface area contributed by atoms with E-state index in [1.807, 2.05) is 32.0 Å². The van der Waals surface area contributed by atoms with Crippen molar-refractivity contribution in [2.45, 2.75) is 20.3 Å². The Hall–Kier alpha value is -1.97. The summed E-state index contributed by atoms with van der Waals surface area (Å²) in [5.41, 5.74) is 1.47. The Morgan fingerprint density at radius 3 is 2.94 bits per heavy atom. The first-order valence-corrected chi connectivity index (χ1v) is 5.24. The number of hydrogen-bond donors (Lipinski definition) is 1. The Kier molecular flexibility index (Phi) is 2.81. The summed E-state index contributed by atoms with van der Waals surface area (Å²) in [6.07, 6.45) is 0.844. The third-order valence-corrected chi connectivity index (χ3v) is 2.41. The number of para-hydroxylation sites is 1. The van der Waals surface area contributed by atoms with Crippen molar-refractivity contribution in [3.05, 3.63) is 34.6 Å². The van der Waals surface area contributed by atoms with E-state index in [2.05, 4.69) is 15.0 Å². The molecule has 0 atom stereocenters. The zero-order chi connectivity index (χ0) is 11.5. The second kappa shape index (κ2) is 4.26. The van der Waals surface area contributed by atoms with E-state index < -0.39 is 0 Å². The quantitative estimate of drug-likeness (QED) is 0.782. The molecule has 1 aromatic heterocycles. The number of aromatic nitrogens is 2. The minimum absolute atomic E-state index is 0.145.